The van der Waals surface area contributed by atoms with Crippen LogP contribution in [0.2, 0.25) is 0 Å². The molecule has 0 aliphatic carbocycles. The molecule has 1 aliphatic rings. The highest BCUT2D eigenvalue weighted by Crippen LogP contribution is 2.19. The molecule has 1 fully saturated rings. The second-order valence-electron chi connectivity index (χ2n) is 4.91. The fourth-order valence-electron chi connectivity index (χ4n) is 2.25. The third-order valence-corrected chi connectivity index (χ3v) is 3.46. The summed E-state index contributed by atoms with van der Waals surface area (Å²) in [4.78, 5) is 13.8. The van der Waals surface area contributed by atoms with Gasteiger partial charge in [-0.15, -0.1) is 0 Å². The Morgan fingerprint density at radius 1 is 1.28 bits per heavy atom. The molecule has 2 rings (SSSR count). The molecular formula is C14H20N2O2. The van der Waals surface area contributed by atoms with Gasteiger partial charge in [-0.25, -0.2) is 0 Å². The second-order valence-corrected chi connectivity index (χ2v) is 4.91. The van der Waals surface area contributed by atoms with E-state index in [4.69, 9.17) is 5.73 Å². The van der Waals surface area contributed by atoms with E-state index >= 15 is 0 Å². The van der Waals surface area contributed by atoms with E-state index in [1.54, 1.807) is 4.90 Å². The molecule has 98 valence electrons. The molecule has 1 aliphatic heterocycles. The van der Waals surface area contributed by atoms with Gasteiger partial charge in [-0.2, -0.15) is 0 Å². The molecule has 4 heteroatoms. The van der Waals surface area contributed by atoms with Gasteiger partial charge in [0.2, 0.25) is 5.91 Å². The molecule has 0 radical (unpaired) electrons. The van der Waals surface area contributed by atoms with Crippen LogP contribution >= 0.6 is 0 Å². The number of rotatable bonds is 3. The Morgan fingerprint density at radius 2 is 1.83 bits per heavy atom. The van der Waals surface area contributed by atoms with Crippen LogP contribution in [0, 0.1) is 6.92 Å². The number of hydrogen-bond donors (Lipinski definition) is 2. The van der Waals surface area contributed by atoms with E-state index < -0.39 is 12.1 Å². The van der Waals surface area contributed by atoms with E-state index in [0.29, 0.717) is 5.56 Å². The first kappa shape index (κ1) is 13.1. The van der Waals surface area contributed by atoms with Crippen molar-refractivity contribution in [1.82, 2.24) is 4.90 Å². The minimum absolute atomic E-state index is 0.152. The Kier molecular flexibility index (Phi) is 3.99. The van der Waals surface area contributed by atoms with Crippen molar-refractivity contribution >= 4 is 5.91 Å². The lowest BCUT2D eigenvalue weighted by atomic mass is 10.0. The maximum Gasteiger partial charge on any atom is 0.242 e. The number of nitrogens with two attached hydrogens (primary N) is 1. The summed E-state index contributed by atoms with van der Waals surface area (Å²) in [6.07, 6.45) is 1.12. The molecule has 0 saturated carbocycles. The molecule has 3 N–H and O–H groups in total. The van der Waals surface area contributed by atoms with Crippen molar-refractivity contribution in [3.8, 4) is 0 Å². The van der Waals surface area contributed by atoms with Gasteiger partial charge in [-0.3, -0.25) is 4.79 Å². The SMILES string of the molecule is Cc1ccc([C@H](O)C(N)C(=O)N2CCCC2)cc1. The first-order valence-corrected chi connectivity index (χ1v) is 6.38. The number of hydrogen-bond acceptors (Lipinski definition) is 3. The maximum absolute atomic E-state index is 12.1. The smallest absolute Gasteiger partial charge is 0.242 e. The molecule has 0 aromatic heterocycles. The van der Waals surface area contributed by atoms with Crippen LogP contribution in [0.3, 0.4) is 0 Å². The fourth-order valence-corrected chi connectivity index (χ4v) is 2.25. The Morgan fingerprint density at radius 3 is 2.39 bits per heavy atom. The molecule has 0 bridgehead atoms. The third kappa shape index (κ3) is 2.71. The Hall–Kier alpha value is -1.39. The summed E-state index contributed by atoms with van der Waals surface area (Å²) >= 11 is 0. The Balaban J connectivity index is 2.05. The fraction of sp³-hybridized carbons (Fsp3) is 0.500. The van der Waals surface area contributed by atoms with Crippen LogP contribution < -0.4 is 5.73 Å². The van der Waals surface area contributed by atoms with Crippen molar-refractivity contribution in [3.05, 3.63) is 35.4 Å². The standard InChI is InChI=1S/C14H20N2O2/c1-10-4-6-11(7-5-10)13(17)12(15)14(18)16-8-2-3-9-16/h4-7,12-13,17H,2-3,8-9,15H2,1H3/t12?,13-/m0/s1. The zero-order valence-electron chi connectivity index (χ0n) is 10.7. The zero-order chi connectivity index (χ0) is 13.1. The molecule has 18 heavy (non-hydrogen) atoms. The van der Waals surface area contributed by atoms with E-state index in [0.717, 1.165) is 31.5 Å². The van der Waals surface area contributed by atoms with E-state index in [1.807, 2.05) is 31.2 Å². The lowest BCUT2D eigenvalue weighted by Crippen LogP contribution is -2.45. The number of likely N-dealkylation sites (tertiary alicyclic amines) is 1. The summed E-state index contributed by atoms with van der Waals surface area (Å²) in [6, 6.07) is 6.58. The highest BCUT2D eigenvalue weighted by Gasteiger charge is 2.29. The predicted molar refractivity (Wildman–Crippen MR) is 69.9 cm³/mol. The van der Waals surface area contributed by atoms with Crippen molar-refractivity contribution in [2.24, 2.45) is 5.73 Å². The number of carbonyl (C=O) groups is 1. The number of benzene rings is 1. The number of carbonyl (C=O) groups excluding carboxylic acids is 1. The van der Waals surface area contributed by atoms with Crippen molar-refractivity contribution in [2.45, 2.75) is 31.9 Å². The van der Waals surface area contributed by atoms with E-state index in [9.17, 15) is 9.90 Å². The molecule has 1 saturated heterocycles. The molecule has 0 spiro atoms. The lowest BCUT2D eigenvalue weighted by Gasteiger charge is -2.24. The van der Waals surface area contributed by atoms with E-state index in [2.05, 4.69) is 0 Å². The zero-order valence-corrected chi connectivity index (χ0v) is 10.7. The first-order chi connectivity index (χ1) is 8.59. The normalized spacial score (nSPS) is 18.7. The van der Waals surface area contributed by atoms with Crippen LogP contribution in [0.25, 0.3) is 0 Å². The van der Waals surface area contributed by atoms with Crippen molar-refractivity contribution in [1.29, 1.82) is 0 Å². The summed E-state index contributed by atoms with van der Waals surface area (Å²) in [5.74, 6) is -0.152. The monoisotopic (exact) mass is 248 g/mol. The largest absolute Gasteiger partial charge is 0.386 e. The first-order valence-electron chi connectivity index (χ1n) is 6.38. The highest BCUT2D eigenvalue weighted by molar-refractivity contribution is 5.82. The van der Waals surface area contributed by atoms with Gasteiger partial charge in [0.25, 0.3) is 0 Å². The van der Waals surface area contributed by atoms with Crippen LogP contribution in [0.4, 0.5) is 0 Å². The van der Waals surface area contributed by atoms with Gasteiger partial charge < -0.3 is 15.7 Å². The predicted octanol–water partition coefficient (Wildman–Crippen LogP) is 0.978. The number of aliphatic hydroxyl groups excluding tert-OH is 1. The molecule has 2 atom stereocenters. The summed E-state index contributed by atoms with van der Waals surface area (Å²) < 4.78 is 0. The van der Waals surface area contributed by atoms with Crippen LogP contribution in [0.15, 0.2) is 24.3 Å². The average Bonchev–Trinajstić information content (AvgIpc) is 2.91. The highest BCUT2D eigenvalue weighted by atomic mass is 16.3. The van der Waals surface area contributed by atoms with Gasteiger partial charge in [0.1, 0.15) is 12.1 Å². The van der Waals surface area contributed by atoms with Crippen molar-refractivity contribution in [3.63, 3.8) is 0 Å². The molecule has 1 heterocycles. The summed E-state index contributed by atoms with van der Waals surface area (Å²) in [5, 5.41) is 10.1. The molecular weight excluding hydrogens is 228 g/mol. The van der Waals surface area contributed by atoms with Gasteiger partial charge in [0, 0.05) is 13.1 Å². The molecule has 1 amide bonds. The number of amides is 1. The van der Waals surface area contributed by atoms with Crippen LogP contribution in [0.5, 0.6) is 0 Å². The lowest BCUT2D eigenvalue weighted by molar-refractivity contribution is -0.134. The average molecular weight is 248 g/mol. The minimum atomic E-state index is -0.932. The summed E-state index contributed by atoms with van der Waals surface area (Å²) in [5.41, 5.74) is 7.68. The molecule has 4 nitrogen and oxygen atoms in total. The number of nitrogens with zero attached hydrogens (tertiary/aromatic N) is 1. The van der Waals surface area contributed by atoms with Crippen molar-refractivity contribution in [2.75, 3.05) is 13.1 Å². The number of aryl methyl sites for hydroxylation is 1. The van der Waals surface area contributed by atoms with E-state index in [1.165, 1.54) is 0 Å². The van der Waals surface area contributed by atoms with Crippen LogP contribution in [-0.2, 0) is 4.79 Å². The van der Waals surface area contributed by atoms with Crippen LogP contribution in [-0.4, -0.2) is 35.0 Å². The summed E-state index contributed by atoms with van der Waals surface area (Å²) in [6.45, 7) is 3.49. The van der Waals surface area contributed by atoms with Gasteiger partial charge in [-0.1, -0.05) is 29.8 Å². The van der Waals surface area contributed by atoms with Crippen LogP contribution in [0.1, 0.15) is 30.1 Å². The number of aliphatic hydroxyl groups is 1. The van der Waals surface area contributed by atoms with Gasteiger partial charge >= 0.3 is 0 Å². The quantitative estimate of drug-likeness (QED) is 0.838. The maximum atomic E-state index is 12.1. The molecule has 1 aromatic carbocycles. The second kappa shape index (κ2) is 5.50. The van der Waals surface area contributed by atoms with Gasteiger partial charge in [0.05, 0.1) is 0 Å². The molecule has 1 unspecified atom stereocenters. The topological polar surface area (TPSA) is 66.6 Å². The Labute approximate surface area is 107 Å². The van der Waals surface area contributed by atoms with Crippen molar-refractivity contribution < 1.29 is 9.90 Å². The van der Waals surface area contributed by atoms with Gasteiger partial charge in [-0.05, 0) is 25.3 Å². The van der Waals surface area contributed by atoms with Gasteiger partial charge in [0.15, 0.2) is 0 Å². The third-order valence-electron chi connectivity index (χ3n) is 3.46. The molecule has 1 aromatic rings. The van der Waals surface area contributed by atoms with E-state index in [-0.39, 0.29) is 5.91 Å². The minimum Gasteiger partial charge on any atom is -0.386 e. The summed E-state index contributed by atoms with van der Waals surface area (Å²) in [7, 11) is 0. The Bertz CT molecular complexity index is 410.